The second-order valence-electron chi connectivity index (χ2n) is 8.59. The number of amides is 1. The summed E-state index contributed by atoms with van der Waals surface area (Å²) >= 11 is 0. The summed E-state index contributed by atoms with van der Waals surface area (Å²) in [6, 6.07) is 5.37. The number of ether oxygens (including phenoxy) is 1. The van der Waals surface area contributed by atoms with Gasteiger partial charge in [0.15, 0.2) is 14.6 Å². The van der Waals surface area contributed by atoms with Crippen LogP contribution in [0.5, 0.6) is 0 Å². The first-order chi connectivity index (χ1) is 13.8. The van der Waals surface area contributed by atoms with E-state index >= 15 is 0 Å². The van der Waals surface area contributed by atoms with E-state index in [9.17, 15) is 13.2 Å². The summed E-state index contributed by atoms with van der Waals surface area (Å²) in [5, 5.41) is 3.04. The highest BCUT2D eigenvalue weighted by atomic mass is 32.2. The summed E-state index contributed by atoms with van der Waals surface area (Å²) in [7, 11) is -3.77. The van der Waals surface area contributed by atoms with Gasteiger partial charge in [0.25, 0.3) is 0 Å². The maximum Gasteiger partial charge on any atom is 0.242 e. The Labute approximate surface area is 174 Å². The minimum Gasteiger partial charge on any atom is -0.379 e. The number of carbonyl (C=O) groups excluding carboxylic acids is 1. The van der Waals surface area contributed by atoms with Crippen LogP contribution in [0.1, 0.15) is 50.2 Å². The number of hydrogen-bond donors (Lipinski definition) is 1. The number of nitrogens with zero attached hydrogens (tertiary/aromatic N) is 1. The van der Waals surface area contributed by atoms with Gasteiger partial charge in [0.2, 0.25) is 5.91 Å². The summed E-state index contributed by atoms with van der Waals surface area (Å²) in [6.45, 7) is 9.84. The standard InChI is InChI=1S/C22H34N2O4S/c1-17-6-7-18(2)20(16-17)29(26,27)22(9-4-5-10-22)21(25)23-19(3)8-11-24-12-14-28-15-13-24/h6-7,16,19H,4-5,8-15H2,1-3H3,(H,23,25). The molecule has 1 aliphatic carbocycles. The quantitative estimate of drug-likeness (QED) is 0.731. The number of nitrogens with one attached hydrogen (secondary N) is 1. The topological polar surface area (TPSA) is 75.7 Å². The first-order valence-electron chi connectivity index (χ1n) is 10.7. The molecule has 1 aliphatic heterocycles. The zero-order chi connectivity index (χ0) is 21.1. The third-order valence-corrected chi connectivity index (χ3v) is 8.97. The number of rotatable bonds is 7. The van der Waals surface area contributed by atoms with Crippen molar-refractivity contribution in [2.24, 2.45) is 0 Å². The minimum atomic E-state index is -3.77. The normalized spacial score (nSPS) is 21.1. The summed E-state index contributed by atoms with van der Waals surface area (Å²) in [5.41, 5.74) is 1.59. The van der Waals surface area contributed by atoms with Crippen LogP contribution in [-0.2, 0) is 19.4 Å². The Kier molecular flexibility index (Phi) is 7.02. The van der Waals surface area contributed by atoms with E-state index in [4.69, 9.17) is 4.74 Å². The number of morpholine rings is 1. The average Bonchev–Trinajstić information content (AvgIpc) is 3.21. The van der Waals surface area contributed by atoms with E-state index in [1.54, 1.807) is 13.0 Å². The number of aryl methyl sites for hydroxylation is 2. The molecule has 1 aromatic rings. The Morgan fingerprint density at radius 2 is 1.86 bits per heavy atom. The molecule has 0 aromatic heterocycles. The maximum atomic E-state index is 13.7. The van der Waals surface area contributed by atoms with Crippen molar-refractivity contribution in [3.63, 3.8) is 0 Å². The molecule has 1 saturated carbocycles. The molecule has 1 amide bonds. The van der Waals surface area contributed by atoms with E-state index < -0.39 is 14.6 Å². The van der Waals surface area contributed by atoms with Crippen LogP contribution in [-0.4, -0.2) is 62.9 Å². The fourth-order valence-corrected chi connectivity index (χ4v) is 6.78. The van der Waals surface area contributed by atoms with Gasteiger partial charge in [-0.2, -0.15) is 0 Å². The molecule has 2 fully saturated rings. The lowest BCUT2D eigenvalue weighted by Gasteiger charge is -2.31. The summed E-state index contributed by atoms with van der Waals surface area (Å²) in [4.78, 5) is 15.9. The molecule has 1 unspecified atom stereocenters. The van der Waals surface area contributed by atoms with Gasteiger partial charge in [-0.1, -0.05) is 25.0 Å². The van der Waals surface area contributed by atoms with Crippen LogP contribution in [0.15, 0.2) is 23.1 Å². The van der Waals surface area contributed by atoms with E-state index in [1.807, 2.05) is 26.0 Å². The minimum absolute atomic E-state index is 0.0726. The Hall–Kier alpha value is -1.44. The number of hydrogen-bond acceptors (Lipinski definition) is 5. The van der Waals surface area contributed by atoms with Crippen molar-refractivity contribution in [2.45, 2.75) is 68.6 Å². The van der Waals surface area contributed by atoms with E-state index in [-0.39, 0.29) is 11.9 Å². The van der Waals surface area contributed by atoms with Crippen molar-refractivity contribution in [3.05, 3.63) is 29.3 Å². The van der Waals surface area contributed by atoms with E-state index in [0.717, 1.165) is 57.7 Å². The third-order valence-electron chi connectivity index (χ3n) is 6.33. The maximum absolute atomic E-state index is 13.7. The van der Waals surface area contributed by atoms with Crippen LogP contribution < -0.4 is 5.32 Å². The lowest BCUT2D eigenvalue weighted by Crippen LogP contribution is -2.53. The molecule has 0 spiro atoms. The zero-order valence-corrected chi connectivity index (χ0v) is 18.7. The Balaban J connectivity index is 1.75. The molecule has 162 valence electrons. The fraction of sp³-hybridized carbons (Fsp3) is 0.682. The molecule has 1 saturated heterocycles. The average molecular weight is 423 g/mol. The Bertz CT molecular complexity index is 825. The highest BCUT2D eigenvalue weighted by Gasteiger charge is 2.53. The van der Waals surface area contributed by atoms with Gasteiger partial charge >= 0.3 is 0 Å². The van der Waals surface area contributed by atoms with Crippen molar-refractivity contribution in [1.82, 2.24) is 10.2 Å². The molecule has 1 aromatic carbocycles. The van der Waals surface area contributed by atoms with Gasteiger partial charge in [0, 0.05) is 25.7 Å². The second kappa shape index (κ2) is 9.14. The highest BCUT2D eigenvalue weighted by Crippen LogP contribution is 2.42. The van der Waals surface area contributed by atoms with E-state index in [2.05, 4.69) is 10.2 Å². The SMILES string of the molecule is Cc1ccc(C)c(S(=O)(=O)C2(C(=O)NC(C)CCN3CCOCC3)CCCC2)c1. The third kappa shape index (κ3) is 4.67. The molecule has 0 radical (unpaired) electrons. The van der Waals surface area contributed by atoms with Crippen molar-refractivity contribution in [3.8, 4) is 0 Å². The predicted octanol–water partition coefficient (Wildman–Crippen LogP) is 2.62. The number of carbonyl (C=O) groups is 1. The largest absolute Gasteiger partial charge is 0.379 e. The molecule has 2 aliphatic rings. The molecule has 6 nitrogen and oxygen atoms in total. The Morgan fingerprint density at radius 1 is 1.21 bits per heavy atom. The number of sulfone groups is 1. The molecular weight excluding hydrogens is 388 g/mol. The molecule has 3 rings (SSSR count). The van der Waals surface area contributed by atoms with Crippen LogP contribution in [0.3, 0.4) is 0 Å². The van der Waals surface area contributed by atoms with Crippen LogP contribution in [0.4, 0.5) is 0 Å². The second-order valence-corrected chi connectivity index (χ2v) is 10.8. The molecular formula is C22H34N2O4S. The molecule has 1 atom stereocenters. The van der Waals surface area contributed by atoms with Crippen molar-refractivity contribution in [1.29, 1.82) is 0 Å². The molecule has 0 bridgehead atoms. The van der Waals surface area contributed by atoms with Gasteiger partial charge in [-0.3, -0.25) is 9.69 Å². The monoisotopic (exact) mass is 422 g/mol. The van der Waals surface area contributed by atoms with Gasteiger partial charge in [0.05, 0.1) is 18.1 Å². The van der Waals surface area contributed by atoms with Gasteiger partial charge in [-0.05, 0) is 57.2 Å². The van der Waals surface area contributed by atoms with Crippen LogP contribution in [0.25, 0.3) is 0 Å². The van der Waals surface area contributed by atoms with Gasteiger partial charge in [-0.25, -0.2) is 8.42 Å². The lowest BCUT2D eigenvalue weighted by atomic mass is 10.1. The van der Waals surface area contributed by atoms with Crippen molar-refractivity contribution < 1.29 is 17.9 Å². The van der Waals surface area contributed by atoms with E-state index in [0.29, 0.717) is 23.3 Å². The van der Waals surface area contributed by atoms with Crippen LogP contribution >= 0.6 is 0 Å². The Morgan fingerprint density at radius 3 is 2.52 bits per heavy atom. The summed E-state index contributed by atoms with van der Waals surface area (Å²) in [6.07, 6.45) is 3.11. The lowest BCUT2D eigenvalue weighted by molar-refractivity contribution is -0.124. The van der Waals surface area contributed by atoms with Gasteiger partial charge in [0.1, 0.15) is 0 Å². The van der Waals surface area contributed by atoms with Crippen LogP contribution in [0.2, 0.25) is 0 Å². The zero-order valence-electron chi connectivity index (χ0n) is 17.9. The molecule has 1 N–H and O–H groups in total. The predicted molar refractivity (Wildman–Crippen MR) is 114 cm³/mol. The van der Waals surface area contributed by atoms with E-state index in [1.165, 1.54) is 0 Å². The fourth-order valence-electron chi connectivity index (χ4n) is 4.40. The molecule has 29 heavy (non-hydrogen) atoms. The highest BCUT2D eigenvalue weighted by molar-refractivity contribution is 7.93. The van der Waals surface area contributed by atoms with Crippen molar-refractivity contribution >= 4 is 15.7 Å². The van der Waals surface area contributed by atoms with Gasteiger partial charge in [-0.15, -0.1) is 0 Å². The van der Waals surface area contributed by atoms with Gasteiger partial charge < -0.3 is 10.1 Å². The van der Waals surface area contributed by atoms with Crippen molar-refractivity contribution in [2.75, 3.05) is 32.8 Å². The molecule has 7 heteroatoms. The molecule has 1 heterocycles. The summed E-state index contributed by atoms with van der Waals surface area (Å²) < 4.78 is 31.4. The first-order valence-corrected chi connectivity index (χ1v) is 12.2. The summed E-state index contributed by atoms with van der Waals surface area (Å²) in [5.74, 6) is -0.328. The first kappa shape index (κ1) is 22.2. The number of benzene rings is 1. The smallest absolute Gasteiger partial charge is 0.242 e. The van der Waals surface area contributed by atoms with Crippen LogP contribution in [0, 0.1) is 13.8 Å².